The van der Waals surface area contributed by atoms with Gasteiger partial charge in [-0.2, -0.15) is 0 Å². The fourth-order valence-corrected chi connectivity index (χ4v) is 1.32. The molecule has 0 amide bonds. The highest BCUT2D eigenvalue weighted by atomic mass is 19.1. The highest BCUT2D eigenvalue weighted by Crippen LogP contribution is 2.15. The molecule has 2 nitrogen and oxygen atoms in total. The summed E-state index contributed by atoms with van der Waals surface area (Å²) in [7, 11) is 0. The van der Waals surface area contributed by atoms with Gasteiger partial charge in [0, 0.05) is 5.56 Å². The summed E-state index contributed by atoms with van der Waals surface area (Å²) in [5.41, 5.74) is -0.0957. The zero-order chi connectivity index (χ0) is 12.1. The average molecular weight is 230 g/mol. The number of halogens is 2. The largest absolute Gasteiger partial charge is 0.394 e. The Balaban J connectivity index is 2.67. The van der Waals surface area contributed by atoms with Gasteiger partial charge in [-0.1, -0.05) is 19.9 Å². The second kappa shape index (κ2) is 5.92. The van der Waals surface area contributed by atoms with Crippen LogP contribution in [0.1, 0.15) is 19.4 Å². The van der Waals surface area contributed by atoms with Gasteiger partial charge >= 0.3 is 0 Å². The molecule has 0 saturated heterocycles. The maximum atomic E-state index is 13.2. The van der Waals surface area contributed by atoms with Gasteiger partial charge in [0.25, 0.3) is 0 Å². The van der Waals surface area contributed by atoms with Crippen molar-refractivity contribution in [3.05, 3.63) is 35.4 Å². The normalized spacial score (nSPS) is 13.1. The first-order valence-electron chi connectivity index (χ1n) is 5.21. The average Bonchev–Trinajstić information content (AvgIpc) is 2.22. The van der Waals surface area contributed by atoms with Crippen LogP contribution in [0.2, 0.25) is 0 Å². The lowest BCUT2D eigenvalue weighted by Gasteiger charge is -2.19. The molecule has 0 radical (unpaired) electrons. The highest BCUT2D eigenvalue weighted by Gasteiger charge is 2.15. The minimum Gasteiger partial charge on any atom is -0.394 e. The van der Waals surface area contributed by atoms with Gasteiger partial charge in [0.2, 0.25) is 0 Å². The summed E-state index contributed by atoms with van der Waals surface area (Å²) >= 11 is 0. The van der Waals surface area contributed by atoms with Crippen molar-refractivity contribution in [2.24, 2.45) is 5.92 Å². The van der Waals surface area contributed by atoms with E-state index in [1.807, 2.05) is 13.8 Å². The first kappa shape index (κ1) is 13.1. The Hall–Kier alpha value is -1.00. The van der Waals surface area contributed by atoms with Crippen molar-refractivity contribution in [3.8, 4) is 0 Å². The Morgan fingerprint density at radius 3 is 2.25 bits per heavy atom. The molecule has 0 aliphatic carbocycles. The van der Waals surface area contributed by atoms with Crippen molar-refractivity contribution in [1.82, 2.24) is 0 Å². The van der Waals surface area contributed by atoms with Crippen molar-refractivity contribution in [2.45, 2.75) is 26.6 Å². The summed E-state index contributed by atoms with van der Waals surface area (Å²) in [5, 5.41) is 9.00. The van der Waals surface area contributed by atoms with Gasteiger partial charge in [0.15, 0.2) is 0 Å². The number of aliphatic hydroxyl groups is 1. The van der Waals surface area contributed by atoms with Crippen molar-refractivity contribution in [1.29, 1.82) is 0 Å². The molecule has 1 aromatic carbocycles. The number of hydrogen-bond acceptors (Lipinski definition) is 2. The number of rotatable bonds is 5. The number of benzene rings is 1. The summed E-state index contributed by atoms with van der Waals surface area (Å²) in [6.07, 6.45) is -0.404. The molecule has 1 N–H and O–H groups in total. The van der Waals surface area contributed by atoms with Crippen LogP contribution >= 0.6 is 0 Å². The van der Waals surface area contributed by atoms with Gasteiger partial charge in [-0.05, 0) is 18.1 Å². The Labute approximate surface area is 93.9 Å². The molecule has 0 bridgehead atoms. The highest BCUT2D eigenvalue weighted by molar-refractivity contribution is 5.18. The van der Waals surface area contributed by atoms with Crippen LogP contribution in [0.25, 0.3) is 0 Å². The van der Waals surface area contributed by atoms with E-state index in [2.05, 4.69) is 0 Å². The van der Waals surface area contributed by atoms with Crippen molar-refractivity contribution in [3.63, 3.8) is 0 Å². The van der Waals surface area contributed by atoms with Gasteiger partial charge in [-0.3, -0.25) is 0 Å². The minimum absolute atomic E-state index is 0.0957. The molecule has 90 valence electrons. The summed E-state index contributed by atoms with van der Waals surface area (Å²) in [4.78, 5) is 0. The van der Waals surface area contributed by atoms with Crippen LogP contribution in [0.5, 0.6) is 0 Å². The summed E-state index contributed by atoms with van der Waals surface area (Å²) in [6, 6.07) is 3.68. The second-order valence-electron chi connectivity index (χ2n) is 3.98. The van der Waals surface area contributed by atoms with Crippen LogP contribution < -0.4 is 0 Å². The lowest BCUT2D eigenvalue weighted by Crippen LogP contribution is -2.24. The monoisotopic (exact) mass is 230 g/mol. The standard InChI is InChI=1S/C12H16F2O2/c1-8(2)12(6-15)16-7-9-10(13)4-3-5-11(9)14/h3-5,8,12,15H,6-7H2,1-2H3/t12-/m1/s1. The van der Waals surface area contributed by atoms with E-state index in [0.717, 1.165) is 0 Å². The number of ether oxygens (including phenoxy) is 1. The van der Waals surface area contributed by atoms with Crippen molar-refractivity contribution >= 4 is 0 Å². The van der Waals surface area contributed by atoms with E-state index in [1.165, 1.54) is 18.2 Å². The number of hydrogen-bond donors (Lipinski definition) is 1. The van der Waals surface area contributed by atoms with Gasteiger partial charge < -0.3 is 9.84 Å². The Bertz CT molecular complexity index is 320. The fraction of sp³-hybridized carbons (Fsp3) is 0.500. The molecule has 1 aromatic rings. The fourth-order valence-electron chi connectivity index (χ4n) is 1.32. The Morgan fingerprint density at radius 1 is 1.25 bits per heavy atom. The SMILES string of the molecule is CC(C)[C@@H](CO)OCc1c(F)cccc1F. The molecular weight excluding hydrogens is 214 g/mol. The van der Waals surface area contributed by atoms with E-state index in [9.17, 15) is 8.78 Å². The predicted octanol–water partition coefficient (Wildman–Crippen LogP) is 2.50. The zero-order valence-corrected chi connectivity index (χ0v) is 9.41. The van der Waals surface area contributed by atoms with Gasteiger partial charge in [0.1, 0.15) is 11.6 Å². The third-order valence-corrected chi connectivity index (χ3v) is 2.43. The molecule has 1 rings (SSSR count). The van der Waals surface area contributed by atoms with E-state index in [-0.39, 0.29) is 24.7 Å². The lowest BCUT2D eigenvalue weighted by atomic mass is 10.1. The lowest BCUT2D eigenvalue weighted by molar-refractivity contribution is -0.0259. The molecule has 1 atom stereocenters. The maximum Gasteiger partial charge on any atom is 0.131 e. The molecule has 0 heterocycles. The molecule has 0 aliphatic heterocycles. The number of aliphatic hydroxyl groups excluding tert-OH is 1. The third kappa shape index (κ3) is 3.25. The summed E-state index contributed by atoms with van der Waals surface area (Å²) in [6.45, 7) is 3.42. The first-order valence-corrected chi connectivity index (χ1v) is 5.21. The second-order valence-corrected chi connectivity index (χ2v) is 3.98. The molecule has 0 fully saturated rings. The molecule has 0 aromatic heterocycles. The van der Waals surface area contributed by atoms with Gasteiger partial charge in [-0.25, -0.2) is 8.78 Å². The van der Waals surface area contributed by atoms with Gasteiger partial charge in [-0.15, -0.1) is 0 Å². The zero-order valence-electron chi connectivity index (χ0n) is 9.41. The van der Waals surface area contributed by atoms with Crippen LogP contribution in [-0.4, -0.2) is 17.8 Å². The van der Waals surface area contributed by atoms with Crippen LogP contribution in [0.15, 0.2) is 18.2 Å². The van der Waals surface area contributed by atoms with Crippen LogP contribution in [0.4, 0.5) is 8.78 Å². The smallest absolute Gasteiger partial charge is 0.131 e. The van der Waals surface area contributed by atoms with Crippen molar-refractivity contribution < 1.29 is 18.6 Å². The van der Waals surface area contributed by atoms with E-state index in [0.29, 0.717) is 0 Å². The van der Waals surface area contributed by atoms with Gasteiger partial charge in [0.05, 0.1) is 19.3 Å². The molecule has 0 saturated carbocycles. The maximum absolute atomic E-state index is 13.2. The predicted molar refractivity (Wildman–Crippen MR) is 56.9 cm³/mol. The summed E-state index contributed by atoms with van der Waals surface area (Å²) < 4.78 is 31.7. The Morgan fingerprint density at radius 2 is 1.81 bits per heavy atom. The van der Waals surface area contributed by atoms with Crippen LogP contribution in [0, 0.1) is 17.6 Å². The molecule has 0 unspecified atom stereocenters. The van der Waals surface area contributed by atoms with E-state index in [4.69, 9.17) is 9.84 Å². The molecular formula is C12H16F2O2. The Kier molecular flexibility index (Phi) is 4.83. The third-order valence-electron chi connectivity index (χ3n) is 2.43. The quantitative estimate of drug-likeness (QED) is 0.842. The molecule has 16 heavy (non-hydrogen) atoms. The van der Waals surface area contributed by atoms with E-state index in [1.54, 1.807) is 0 Å². The first-order chi connectivity index (χ1) is 7.56. The van der Waals surface area contributed by atoms with E-state index >= 15 is 0 Å². The van der Waals surface area contributed by atoms with E-state index < -0.39 is 17.7 Å². The molecule has 4 heteroatoms. The van der Waals surface area contributed by atoms with Crippen LogP contribution in [0.3, 0.4) is 0 Å². The summed E-state index contributed by atoms with van der Waals surface area (Å²) in [5.74, 6) is -1.15. The van der Waals surface area contributed by atoms with Crippen molar-refractivity contribution in [2.75, 3.05) is 6.61 Å². The van der Waals surface area contributed by atoms with Crippen LogP contribution in [-0.2, 0) is 11.3 Å². The minimum atomic E-state index is -0.625. The molecule has 0 aliphatic rings. The molecule has 0 spiro atoms. The topological polar surface area (TPSA) is 29.5 Å².